The fraction of sp³-hybridized carbons (Fsp3) is 0.290. The van der Waals surface area contributed by atoms with Gasteiger partial charge in [0.15, 0.2) is 6.10 Å². The lowest BCUT2D eigenvalue weighted by atomic mass is 9.90. The normalized spacial score (nSPS) is 13.8. The van der Waals surface area contributed by atoms with Crippen molar-refractivity contribution in [3.05, 3.63) is 81.4 Å². The molecule has 9 heteroatoms. The van der Waals surface area contributed by atoms with Crippen LogP contribution < -0.4 is 11.4 Å². The summed E-state index contributed by atoms with van der Waals surface area (Å²) >= 11 is 6.29. The average Bonchev–Trinajstić information content (AvgIpc) is 3.40. The predicted molar refractivity (Wildman–Crippen MR) is 158 cm³/mol. The Morgan fingerprint density at radius 1 is 1.00 bits per heavy atom. The van der Waals surface area contributed by atoms with Gasteiger partial charge in [-0.1, -0.05) is 35.9 Å². The monoisotopic (exact) mass is 558 g/mol. The summed E-state index contributed by atoms with van der Waals surface area (Å²) in [7, 11) is 1.34. The predicted octanol–water partition coefficient (Wildman–Crippen LogP) is 6.00. The van der Waals surface area contributed by atoms with Crippen molar-refractivity contribution in [2.75, 3.05) is 12.8 Å². The van der Waals surface area contributed by atoms with Crippen LogP contribution in [0.15, 0.2) is 59.4 Å². The number of nitrogen functional groups attached to an aromatic ring is 1. The van der Waals surface area contributed by atoms with Crippen LogP contribution in [0.1, 0.15) is 38.1 Å². The van der Waals surface area contributed by atoms with E-state index in [-0.39, 0.29) is 5.69 Å². The highest BCUT2D eigenvalue weighted by atomic mass is 35.5. The zero-order valence-electron chi connectivity index (χ0n) is 23.1. The second-order valence-corrected chi connectivity index (χ2v) is 11.6. The number of methoxy groups -OCH3 is 1. The Balaban J connectivity index is 1.91. The SMILES string of the molecule is COC(=O)[C@@H](OC(C)(C)C)c1c(-c2ccc(Cl)cc2)c2cc(C)n3c2c2c1n(-c1ccccc1N)c(=O)n2CC3. The Kier molecular flexibility index (Phi) is 6.09. The third kappa shape index (κ3) is 3.93. The van der Waals surface area contributed by atoms with Crippen molar-refractivity contribution in [2.45, 2.75) is 52.5 Å². The summed E-state index contributed by atoms with van der Waals surface area (Å²) in [5.74, 6) is -0.563. The second-order valence-electron chi connectivity index (χ2n) is 11.2. The molecule has 6 rings (SSSR count). The maximum Gasteiger partial charge on any atom is 0.339 e. The van der Waals surface area contributed by atoms with Crippen molar-refractivity contribution in [2.24, 2.45) is 0 Å². The molecule has 40 heavy (non-hydrogen) atoms. The molecule has 8 nitrogen and oxygen atoms in total. The minimum atomic E-state index is -1.14. The van der Waals surface area contributed by atoms with Gasteiger partial charge >= 0.3 is 11.7 Å². The Morgan fingerprint density at radius 3 is 2.33 bits per heavy atom. The summed E-state index contributed by atoms with van der Waals surface area (Å²) in [5.41, 5.74) is 12.0. The van der Waals surface area contributed by atoms with E-state index in [0.29, 0.717) is 40.6 Å². The molecule has 0 saturated heterocycles. The van der Waals surface area contributed by atoms with E-state index < -0.39 is 17.7 Å². The number of rotatable bonds is 5. The molecule has 0 aliphatic carbocycles. The largest absolute Gasteiger partial charge is 0.467 e. The molecule has 206 valence electrons. The van der Waals surface area contributed by atoms with Crippen LogP contribution in [0.4, 0.5) is 5.69 Å². The van der Waals surface area contributed by atoms with Gasteiger partial charge in [-0.15, -0.1) is 0 Å². The van der Waals surface area contributed by atoms with Gasteiger partial charge in [-0.2, -0.15) is 0 Å². The number of imidazole rings is 1. The quantitative estimate of drug-likeness (QED) is 0.211. The van der Waals surface area contributed by atoms with Crippen LogP contribution >= 0.6 is 11.6 Å². The van der Waals surface area contributed by atoms with Crippen LogP contribution in [0.3, 0.4) is 0 Å². The van der Waals surface area contributed by atoms with E-state index in [1.165, 1.54) is 7.11 Å². The van der Waals surface area contributed by atoms with Gasteiger partial charge in [0.2, 0.25) is 0 Å². The van der Waals surface area contributed by atoms with E-state index >= 15 is 0 Å². The van der Waals surface area contributed by atoms with Crippen molar-refractivity contribution in [3.8, 4) is 16.8 Å². The van der Waals surface area contributed by atoms with Crippen molar-refractivity contribution in [3.63, 3.8) is 0 Å². The van der Waals surface area contributed by atoms with Crippen molar-refractivity contribution < 1.29 is 14.3 Å². The molecule has 0 bridgehead atoms. The summed E-state index contributed by atoms with van der Waals surface area (Å²) in [5, 5.41) is 1.51. The van der Waals surface area contributed by atoms with Gasteiger partial charge in [-0.3, -0.25) is 9.13 Å². The molecule has 0 saturated carbocycles. The number of nitrogens with zero attached hydrogens (tertiary/aromatic N) is 3. The number of halogens is 1. The van der Waals surface area contributed by atoms with Crippen LogP contribution in [0.5, 0.6) is 0 Å². The lowest BCUT2D eigenvalue weighted by Gasteiger charge is -2.29. The fourth-order valence-corrected chi connectivity index (χ4v) is 6.02. The molecule has 0 fully saturated rings. The molecule has 2 N–H and O–H groups in total. The van der Waals surface area contributed by atoms with Gasteiger partial charge in [0.05, 0.1) is 40.6 Å². The number of hydrogen-bond donors (Lipinski definition) is 1. The first kappa shape index (κ1) is 26.2. The zero-order chi connectivity index (χ0) is 28.5. The Labute approximate surface area is 236 Å². The number of nitrogens with two attached hydrogens (primary N) is 1. The minimum Gasteiger partial charge on any atom is -0.467 e. The third-order valence-corrected chi connectivity index (χ3v) is 7.72. The van der Waals surface area contributed by atoms with Gasteiger partial charge in [0.25, 0.3) is 0 Å². The van der Waals surface area contributed by atoms with Crippen molar-refractivity contribution in [1.82, 2.24) is 13.7 Å². The molecule has 3 aromatic carbocycles. The number of para-hydroxylation sites is 2. The van der Waals surface area contributed by atoms with Gasteiger partial charge in [-0.05, 0) is 69.2 Å². The van der Waals surface area contributed by atoms with E-state index in [0.717, 1.165) is 33.2 Å². The topological polar surface area (TPSA) is 93.4 Å². The van der Waals surface area contributed by atoms with Gasteiger partial charge < -0.3 is 19.8 Å². The fourth-order valence-electron chi connectivity index (χ4n) is 5.90. The smallest absolute Gasteiger partial charge is 0.339 e. The molecule has 1 aliphatic heterocycles. The highest BCUT2D eigenvalue weighted by molar-refractivity contribution is 6.30. The van der Waals surface area contributed by atoms with Gasteiger partial charge in [0.1, 0.15) is 0 Å². The number of aryl methyl sites for hydroxylation is 3. The van der Waals surface area contributed by atoms with Gasteiger partial charge in [-0.25, -0.2) is 9.59 Å². The Morgan fingerprint density at radius 2 is 1.68 bits per heavy atom. The number of esters is 1. The lowest BCUT2D eigenvalue weighted by Crippen LogP contribution is -2.29. The molecular weight excluding hydrogens is 528 g/mol. The molecule has 0 radical (unpaired) electrons. The number of carbonyl (C=O) groups is 1. The van der Waals surface area contributed by atoms with E-state index in [4.69, 9.17) is 26.8 Å². The van der Waals surface area contributed by atoms with E-state index in [1.54, 1.807) is 15.2 Å². The number of anilines is 1. The Bertz CT molecular complexity index is 1870. The zero-order valence-corrected chi connectivity index (χ0v) is 23.9. The first-order chi connectivity index (χ1) is 19.0. The Hall–Kier alpha value is -4.01. The minimum absolute atomic E-state index is 0.229. The highest BCUT2D eigenvalue weighted by Crippen LogP contribution is 2.46. The summed E-state index contributed by atoms with van der Waals surface area (Å²) in [6.45, 7) is 8.84. The molecule has 0 amide bonds. The van der Waals surface area contributed by atoms with Crippen LogP contribution in [0.25, 0.3) is 38.8 Å². The van der Waals surface area contributed by atoms with E-state index in [1.807, 2.05) is 63.2 Å². The van der Waals surface area contributed by atoms with E-state index in [9.17, 15) is 9.59 Å². The van der Waals surface area contributed by atoms with Crippen LogP contribution in [0, 0.1) is 6.92 Å². The summed E-state index contributed by atoms with van der Waals surface area (Å²) in [6, 6.07) is 16.8. The number of benzene rings is 3. The van der Waals surface area contributed by atoms with Crippen molar-refractivity contribution in [1.29, 1.82) is 0 Å². The molecule has 0 spiro atoms. The van der Waals surface area contributed by atoms with Gasteiger partial charge in [0, 0.05) is 34.8 Å². The average molecular weight is 559 g/mol. The first-order valence-electron chi connectivity index (χ1n) is 13.2. The highest BCUT2D eigenvalue weighted by Gasteiger charge is 2.38. The second kappa shape index (κ2) is 9.28. The number of ether oxygens (including phenoxy) is 2. The van der Waals surface area contributed by atoms with Crippen LogP contribution in [0.2, 0.25) is 5.02 Å². The third-order valence-electron chi connectivity index (χ3n) is 7.47. The molecular formula is C31H31ClN4O4. The molecule has 3 heterocycles. The summed E-state index contributed by atoms with van der Waals surface area (Å²) in [6.07, 6.45) is -1.14. The summed E-state index contributed by atoms with van der Waals surface area (Å²) in [4.78, 5) is 27.8. The maximum absolute atomic E-state index is 14.2. The molecule has 1 atom stereocenters. The van der Waals surface area contributed by atoms with Crippen molar-refractivity contribution >= 4 is 45.2 Å². The number of aromatic nitrogens is 3. The lowest BCUT2D eigenvalue weighted by molar-refractivity contribution is -0.164. The molecule has 0 unspecified atom stereocenters. The first-order valence-corrected chi connectivity index (χ1v) is 13.6. The van der Waals surface area contributed by atoms with Crippen LogP contribution in [-0.4, -0.2) is 32.4 Å². The molecule has 5 aromatic rings. The molecule has 1 aliphatic rings. The maximum atomic E-state index is 14.2. The van der Waals surface area contributed by atoms with Crippen LogP contribution in [-0.2, 0) is 27.4 Å². The number of carbonyl (C=O) groups excluding carboxylic acids is 1. The number of hydrogen-bond acceptors (Lipinski definition) is 5. The summed E-state index contributed by atoms with van der Waals surface area (Å²) < 4.78 is 17.4. The van der Waals surface area contributed by atoms with E-state index in [2.05, 4.69) is 17.6 Å². The molecule has 2 aromatic heterocycles. The standard InChI is InChI=1S/C31H31ClN4O4/c1-17-16-20-23(18-10-12-19(32)13-11-18)24(28(29(37)39-5)40-31(2,3)4)26-27-25(20)34(17)14-15-35(27)30(38)36(26)22-9-7-6-8-21(22)33/h6-13,16,28H,14-15,33H2,1-5H3/t28-/m0/s1.